The molecule has 2 heteroatoms. The lowest BCUT2D eigenvalue weighted by Crippen LogP contribution is -2.19. The third kappa shape index (κ3) is 11.7. The Morgan fingerprint density at radius 1 is 0.442 bits per heavy atom. The number of hydrogen-bond donors (Lipinski definition) is 2. The molecule has 0 saturated carbocycles. The SMILES string of the molecule is C.CC(C)(C)c1ccc(O)c(C(C)(C)C)c1.Cc1c(C(C)(C)C)cccc1C(C)(C)C.Cc1cccc(C(C)(C)C)c1O. The molecule has 43 heavy (non-hydrogen) atoms. The standard InChI is InChI=1S/C15H24.C14H22O.C11H16O.CH4/c1-11-12(14(2,3)4)9-8-10-13(11)15(5,6)7;1-13(2,3)10-7-8-12(15)11(9-10)14(4,5)6;1-8-6-5-7-9(10(8)12)11(2,3)4;/h8-10H,1-7H3;7-9,15H,1-6H3;5-7,12H,1-4H3;1H4. The Balaban J connectivity index is 0.000000613. The van der Waals surface area contributed by atoms with E-state index in [4.69, 9.17) is 0 Å². The largest absolute Gasteiger partial charge is 0.508 e. The fourth-order valence-electron chi connectivity index (χ4n) is 5.13. The molecule has 0 aromatic heterocycles. The van der Waals surface area contributed by atoms with Crippen LogP contribution in [0.15, 0.2) is 54.6 Å². The summed E-state index contributed by atoms with van der Waals surface area (Å²) in [4.78, 5) is 0. The van der Waals surface area contributed by atoms with Crippen molar-refractivity contribution in [3.63, 3.8) is 0 Å². The second kappa shape index (κ2) is 14.4. The van der Waals surface area contributed by atoms with Gasteiger partial charge >= 0.3 is 0 Å². The second-order valence-electron chi connectivity index (χ2n) is 16.9. The van der Waals surface area contributed by atoms with Gasteiger partial charge in [-0.05, 0) is 85.9 Å². The van der Waals surface area contributed by atoms with E-state index in [0.717, 1.165) is 16.7 Å². The molecule has 0 aliphatic rings. The average Bonchev–Trinajstić information content (AvgIpc) is 2.78. The molecule has 0 aliphatic carbocycles. The van der Waals surface area contributed by atoms with Crippen LogP contribution in [0.3, 0.4) is 0 Å². The van der Waals surface area contributed by atoms with E-state index in [1.165, 1.54) is 22.3 Å². The van der Waals surface area contributed by atoms with Crippen LogP contribution in [0.1, 0.15) is 150 Å². The van der Waals surface area contributed by atoms with E-state index in [1.807, 2.05) is 31.2 Å². The minimum Gasteiger partial charge on any atom is -0.508 e. The Morgan fingerprint density at radius 3 is 1.16 bits per heavy atom. The summed E-state index contributed by atoms with van der Waals surface area (Å²) in [5.41, 5.74) is 9.28. The smallest absolute Gasteiger partial charge is 0.122 e. The highest BCUT2D eigenvalue weighted by atomic mass is 16.3. The molecule has 242 valence electrons. The summed E-state index contributed by atoms with van der Waals surface area (Å²) in [5.74, 6) is 0.834. The van der Waals surface area contributed by atoms with Crippen molar-refractivity contribution in [1.82, 2.24) is 0 Å². The maximum absolute atomic E-state index is 9.84. The van der Waals surface area contributed by atoms with Gasteiger partial charge in [0.25, 0.3) is 0 Å². The van der Waals surface area contributed by atoms with Crippen LogP contribution in [0.2, 0.25) is 0 Å². The minimum atomic E-state index is -0.00859. The molecule has 0 radical (unpaired) electrons. The molecule has 0 spiro atoms. The molecule has 3 aromatic rings. The first-order valence-corrected chi connectivity index (χ1v) is 15.4. The van der Waals surface area contributed by atoms with E-state index in [0.29, 0.717) is 11.5 Å². The van der Waals surface area contributed by atoms with Crippen molar-refractivity contribution in [3.05, 3.63) is 93.5 Å². The zero-order valence-electron chi connectivity index (χ0n) is 30.1. The molecule has 2 nitrogen and oxygen atoms in total. The first kappa shape index (κ1) is 40.3. The Hall–Kier alpha value is -2.74. The minimum absolute atomic E-state index is 0. The van der Waals surface area contributed by atoms with Crippen LogP contribution in [0.4, 0.5) is 0 Å². The molecule has 0 unspecified atom stereocenters. The highest BCUT2D eigenvalue weighted by Gasteiger charge is 2.23. The number of aryl methyl sites for hydroxylation is 1. The molecule has 0 bridgehead atoms. The van der Waals surface area contributed by atoms with Gasteiger partial charge in [-0.15, -0.1) is 0 Å². The highest BCUT2D eigenvalue weighted by Crippen LogP contribution is 2.35. The zero-order valence-corrected chi connectivity index (χ0v) is 30.1. The van der Waals surface area contributed by atoms with E-state index >= 15 is 0 Å². The van der Waals surface area contributed by atoms with E-state index in [1.54, 1.807) is 6.07 Å². The molecule has 0 amide bonds. The molecule has 0 fully saturated rings. The van der Waals surface area contributed by atoms with Crippen LogP contribution in [0.5, 0.6) is 11.5 Å². The van der Waals surface area contributed by atoms with E-state index < -0.39 is 0 Å². The molecule has 3 aromatic carbocycles. The van der Waals surface area contributed by atoms with E-state index in [2.05, 4.69) is 135 Å². The van der Waals surface area contributed by atoms with Gasteiger partial charge in [0.05, 0.1) is 0 Å². The third-order valence-corrected chi connectivity index (χ3v) is 7.67. The number of aromatic hydroxyl groups is 2. The van der Waals surface area contributed by atoms with Crippen LogP contribution in [0.25, 0.3) is 0 Å². The van der Waals surface area contributed by atoms with Crippen molar-refractivity contribution >= 4 is 0 Å². The van der Waals surface area contributed by atoms with Crippen molar-refractivity contribution in [1.29, 1.82) is 0 Å². The maximum atomic E-state index is 9.84. The summed E-state index contributed by atoms with van der Waals surface area (Å²) in [6.07, 6.45) is 0. The monoisotopic (exact) mass is 591 g/mol. The van der Waals surface area contributed by atoms with Crippen LogP contribution in [-0.2, 0) is 27.1 Å². The highest BCUT2D eigenvalue weighted by molar-refractivity contribution is 5.44. The number of rotatable bonds is 0. The van der Waals surface area contributed by atoms with Gasteiger partial charge in [-0.3, -0.25) is 0 Å². The maximum Gasteiger partial charge on any atom is 0.122 e. The number of benzene rings is 3. The van der Waals surface area contributed by atoms with E-state index in [9.17, 15) is 10.2 Å². The summed E-state index contributed by atoms with van der Waals surface area (Å²) < 4.78 is 0. The molecular weight excluding hydrogens is 524 g/mol. The Morgan fingerprint density at radius 2 is 0.814 bits per heavy atom. The Labute approximate surface area is 267 Å². The van der Waals surface area contributed by atoms with Crippen molar-refractivity contribution < 1.29 is 10.2 Å². The first-order valence-electron chi connectivity index (χ1n) is 15.4. The van der Waals surface area contributed by atoms with Crippen LogP contribution in [-0.4, -0.2) is 10.2 Å². The zero-order chi connectivity index (χ0) is 33.1. The average molecular weight is 591 g/mol. The Bertz CT molecular complexity index is 1260. The lowest BCUT2D eigenvalue weighted by Gasteiger charge is -2.28. The Kier molecular flexibility index (Phi) is 13.4. The van der Waals surface area contributed by atoms with Gasteiger partial charge in [-0.25, -0.2) is 0 Å². The van der Waals surface area contributed by atoms with Gasteiger partial charge in [-0.2, -0.15) is 0 Å². The molecular formula is C41H66O2. The van der Waals surface area contributed by atoms with Gasteiger partial charge in [-0.1, -0.05) is 160 Å². The van der Waals surface area contributed by atoms with E-state index in [-0.39, 0.29) is 34.5 Å². The fourth-order valence-corrected chi connectivity index (χ4v) is 5.13. The predicted molar refractivity (Wildman–Crippen MR) is 192 cm³/mol. The van der Waals surface area contributed by atoms with Gasteiger partial charge < -0.3 is 10.2 Å². The summed E-state index contributed by atoms with van der Waals surface area (Å²) in [7, 11) is 0. The van der Waals surface area contributed by atoms with Gasteiger partial charge in [0.2, 0.25) is 0 Å². The fraction of sp³-hybridized carbons (Fsp3) is 0.561. The van der Waals surface area contributed by atoms with Crippen LogP contribution >= 0.6 is 0 Å². The number of phenolic OH excluding ortho intramolecular Hbond substituents is 2. The van der Waals surface area contributed by atoms with Crippen LogP contribution < -0.4 is 0 Å². The lowest BCUT2D eigenvalue weighted by atomic mass is 9.77. The molecule has 2 N–H and O–H groups in total. The first-order chi connectivity index (χ1) is 18.7. The number of hydrogen-bond acceptors (Lipinski definition) is 2. The second-order valence-corrected chi connectivity index (χ2v) is 16.9. The third-order valence-electron chi connectivity index (χ3n) is 7.67. The van der Waals surface area contributed by atoms with Crippen molar-refractivity contribution in [3.8, 4) is 11.5 Å². The van der Waals surface area contributed by atoms with Gasteiger partial charge in [0.15, 0.2) is 0 Å². The summed E-state index contributed by atoms with van der Waals surface area (Å²) in [6, 6.07) is 18.5. The topological polar surface area (TPSA) is 40.5 Å². The normalized spacial score (nSPS) is 12.3. The summed E-state index contributed by atoms with van der Waals surface area (Å²) >= 11 is 0. The van der Waals surface area contributed by atoms with Crippen molar-refractivity contribution in [2.45, 2.75) is 152 Å². The summed E-state index contributed by atoms with van der Waals surface area (Å²) in [6.45, 7) is 37.1. The molecule has 0 atom stereocenters. The van der Waals surface area contributed by atoms with Crippen molar-refractivity contribution in [2.24, 2.45) is 0 Å². The number of para-hydroxylation sites is 1. The quantitative estimate of drug-likeness (QED) is 0.273. The lowest BCUT2D eigenvalue weighted by molar-refractivity contribution is 0.442. The molecule has 0 saturated heterocycles. The van der Waals surface area contributed by atoms with Gasteiger partial charge in [0.1, 0.15) is 11.5 Å². The molecule has 3 rings (SSSR count). The summed E-state index contributed by atoms with van der Waals surface area (Å²) in [5, 5.41) is 19.6. The predicted octanol–water partition coefficient (Wildman–Crippen LogP) is 12.2. The molecule has 0 aliphatic heterocycles. The van der Waals surface area contributed by atoms with Crippen molar-refractivity contribution in [2.75, 3.05) is 0 Å². The number of phenols is 2. The van der Waals surface area contributed by atoms with Crippen LogP contribution in [0, 0.1) is 13.8 Å². The molecule has 0 heterocycles. The van der Waals surface area contributed by atoms with Gasteiger partial charge in [0, 0.05) is 0 Å².